The van der Waals surface area contributed by atoms with Gasteiger partial charge in [0.1, 0.15) is 5.60 Å². The predicted molar refractivity (Wildman–Crippen MR) is 75.5 cm³/mol. The van der Waals surface area contributed by atoms with Gasteiger partial charge in [0.15, 0.2) is 0 Å². The first-order chi connectivity index (χ1) is 8.53. The average Bonchev–Trinajstić information content (AvgIpc) is 2.69. The van der Waals surface area contributed by atoms with Crippen molar-refractivity contribution in [1.29, 1.82) is 0 Å². The average molecular weight is 316 g/mol. The maximum atomic E-state index is 10.9. The fourth-order valence-corrected chi connectivity index (χ4v) is 3.33. The quantitative estimate of drug-likeness (QED) is 0.927. The summed E-state index contributed by atoms with van der Waals surface area (Å²) in [5, 5.41) is 15.2. The minimum Gasteiger partial charge on any atom is -0.384 e. The molecule has 4 nitrogen and oxygen atoms in total. The van der Waals surface area contributed by atoms with Gasteiger partial charge in [-0.05, 0) is 42.9 Å². The molecule has 0 atom stereocenters. The number of aromatic nitrogens is 2. The molecule has 0 aliphatic heterocycles. The molecule has 1 heterocycles. The van der Waals surface area contributed by atoms with Gasteiger partial charge in [-0.2, -0.15) is 5.10 Å². The maximum Gasteiger partial charge on any atom is 0.107 e. The molecule has 1 aromatic rings. The highest BCUT2D eigenvalue weighted by molar-refractivity contribution is 9.10. The predicted octanol–water partition coefficient (Wildman–Crippen LogP) is 2.36. The van der Waals surface area contributed by atoms with E-state index >= 15 is 0 Å². The maximum absolute atomic E-state index is 10.9. The molecule has 0 bridgehead atoms. The summed E-state index contributed by atoms with van der Waals surface area (Å²) < 4.78 is 2.89. The van der Waals surface area contributed by atoms with Crippen LogP contribution in [0.15, 0.2) is 10.7 Å². The van der Waals surface area contributed by atoms with Crippen molar-refractivity contribution in [2.75, 3.05) is 20.6 Å². The van der Waals surface area contributed by atoms with Gasteiger partial charge in [-0.15, -0.1) is 0 Å². The number of aliphatic hydroxyl groups is 1. The van der Waals surface area contributed by atoms with E-state index in [2.05, 4.69) is 25.9 Å². The zero-order valence-electron chi connectivity index (χ0n) is 11.2. The van der Waals surface area contributed by atoms with Crippen LogP contribution in [0.4, 0.5) is 0 Å². The molecule has 0 aromatic carbocycles. The van der Waals surface area contributed by atoms with Crippen molar-refractivity contribution >= 4 is 15.9 Å². The number of hydrogen-bond donors (Lipinski definition) is 1. The lowest BCUT2D eigenvalue weighted by atomic mass is 9.82. The van der Waals surface area contributed by atoms with E-state index in [4.69, 9.17) is 0 Å². The number of nitrogens with zero attached hydrogens (tertiary/aromatic N) is 3. The van der Waals surface area contributed by atoms with Crippen molar-refractivity contribution in [1.82, 2.24) is 14.7 Å². The molecule has 5 heteroatoms. The molecule has 1 aliphatic carbocycles. The van der Waals surface area contributed by atoms with Crippen molar-refractivity contribution in [2.24, 2.45) is 0 Å². The Morgan fingerprint density at radius 2 is 2.06 bits per heavy atom. The van der Waals surface area contributed by atoms with Gasteiger partial charge in [-0.3, -0.25) is 4.68 Å². The van der Waals surface area contributed by atoms with Crippen LogP contribution in [0.5, 0.6) is 0 Å². The zero-order valence-corrected chi connectivity index (χ0v) is 12.8. The fraction of sp³-hybridized carbons (Fsp3) is 0.769. The van der Waals surface area contributed by atoms with E-state index in [-0.39, 0.29) is 0 Å². The van der Waals surface area contributed by atoms with Crippen LogP contribution >= 0.6 is 15.9 Å². The summed E-state index contributed by atoms with van der Waals surface area (Å²) in [6, 6.07) is 0. The monoisotopic (exact) mass is 315 g/mol. The summed E-state index contributed by atoms with van der Waals surface area (Å²) in [5.41, 5.74) is 0.268. The normalized spacial score (nSPS) is 19.4. The molecule has 0 unspecified atom stereocenters. The van der Waals surface area contributed by atoms with Crippen LogP contribution in [-0.2, 0) is 12.1 Å². The van der Waals surface area contributed by atoms with Gasteiger partial charge in [0.2, 0.25) is 0 Å². The van der Waals surface area contributed by atoms with Crippen molar-refractivity contribution in [3.63, 3.8) is 0 Å². The van der Waals surface area contributed by atoms with Gasteiger partial charge < -0.3 is 10.0 Å². The third kappa shape index (κ3) is 2.95. The molecule has 0 spiro atoms. The van der Waals surface area contributed by atoms with Gasteiger partial charge in [-0.25, -0.2) is 0 Å². The highest BCUT2D eigenvalue weighted by atomic mass is 79.9. The van der Waals surface area contributed by atoms with Gasteiger partial charge in [-0.1, -0.05) is 19.3 Å². The van der Waals surface area contributed by atoms with E-state index in [9.17, 15) is 5.11 Å². The van der Waals surface area contributed by atoms with E-state index in [1.165, 1.54) is 6.42 Å². The van der Waals surface area contributed by atoms with E-state index in [1.54, 1.807) is 6.20 Å². The summed E-state index contributed by atoms with van der Waals surface area (Å²) in [7, 11) is 4.10. The topological polar surface area (TPSA) is 41.3 Å². The molecule has 0 saturated heterocycles. The summed E-state index contributed by atoms with van der Waals surface area (Å²) in [4.78, 5) is 2.13. The van der Waals surface area contributed by atoms with Crippen molar-refractivity contribution in [3.8, 4) is 0 Å². The van der Waals surface area contributed by atoms with E-state index in [0.29, 0.717) is 0 Å². The molecular formula is C13H22BrN3O. The number of hydrogen-bond acceptors (Lipinski definition) is 3. The Kier molecular flexibility index (Phi) is 4.45. The summed E-state index contributed by atoms with van der Waals surface area (Å²) in [6.07, 6.45) is 6.92. The molecule has 1 fully saturated rings. The van der Waals surface area contributed by atoms with Gasteiger partial charge in [0.05, 0.1) is 22.9 Å². The highest BCUT2D eigenvalue weighted by Gasteiger charge is 2.36. The van der Waals surface area contributed by atoms with Crippen molar-refractivity contribution < 1.29 is 5.11 Å². The Bertz CT molecular complexity index is 397. The first-order valence-electron chi connectivity index (χ1n) is 6.62. The van der Waals surface area contributed by atoms with Crippen LogP contribution in [0, 0.1) is 0 Å². The SMILES string of the molecule is CN(C)CCn1ncc(Br)c1C1(O)CCCCC1. The second kappa shape index (κ2) is 5.72. The van der Waals surface area contributed by atoms with Crippen LogP contribution in [0.2, 0.25) is 0 Å². The van der Waals surface area contributed by atoms with Crippen molar-refractivity contribution in [2.45, 2.75) is 44.2 Å². The zero-order chi connectivity index (χ0) is 13.2. The lowest BCUT2D eigenvalue weighted by Gasteiger charge is -2.33. The third-order valence-electron chi connectivity index (χ3n) is 3.68. The Hall–Kier alpha value is -0.390. The molecular weight excluding hydrogens is 294 g/mol. The van der Waals surface area contributed by atoms with Crippen LogP contribution < -0.4 is 0 Å². The smallest absolute Gasteiger partial charge is 0.107 e. The standard InChI is InChI=1S/C13H22BrN3O/c1-16(2)8-9-17-12(11(14)10-15-17)13(18)6-4-3-5-7-13/h10,18H,3-9H2,1-2H3. The summed E-state index contributed by atoms with van der Waals surface area (Å²) in [5.74, 6) is 0. The summed E-state index contributed by atoms with van der Waals surface area (Å²) >= 11 is 3.54. The first-order valence-corrected chi connectivity index (χ1v) is 7.41. The number of rotatable bonds is 4. The highest BCUT2D eigenvalue weighted by Crippen LogP contribution is 2.40. The second-order valence-corrected chi connectivity index (χ2v) is 6.31. The first kappa shape index (κ1) is 14.0. The Balaban J connectivity index is 2.22. The summed E-state index contributed by atoms with van der Waals surface area (Å²) in [6.45, 7) is 1.74. The van der Waals surface area contributed by atoms with Crippen molar-refractivity contribution in [3.05, 3.63) is 16.4 Å². The minimum absolute atomic E-state index is 0.695. The minimum atomic E-state index is -0.695. The molecule has 2 rings (SSSR count). The number of halogens is 1. The van der Waals surface area contributed by atoms with Gasteiger partial charge >= 0.3 is 0 Å². The molecule has 1 aromatic heterocycles. The van der Waals surface area contributed by atoms with E-state index < -0.39 is 5.60 Å². The van der Waals surface area contributed by atoms with Gasteiger partial charge in [0.25, 0.3) is 0 Å². The lowest BCUT2D eigenvalue weighted by molar-refractivity contribution is -0.00969. The molecule has 18 heavy (non-hydrogen) atoms. The van der Waals surface area contributed by atoms with Crippen LogP contribution in [0.3, 0.4) is 0 Å². The molecule has 102 valence electrons. The molecule has 1 N–H and O–H groups in total. The Morgan fingerprint density at radius 1 is 1.39 bits per heavy atom. The fourth-order valence-electron chi connectivity index (χ4n) is 2.66. The third-order valence-corrected chi connectivity index (χ3v) is 4.26. The van der Waals surface area contributed by atoms with Crippen LogP contribution in [0.1, 0.15) is 37.8 Å². The number of likely N-dealkylation sites (N-methyl/N-ethyl adjacent to an activating group) is 1. The molecule has 0 amide bonds. The van der Waals surface area contributed by atoms with E-state index in [0.717, 1.165) is 48.9 Å². The Morgan fingerprint density at radius 3 is 2.67 bits per heavy atom. The second-order valence-electron chi connectivity index (χ2n) is 5.46. The lowest BCUT2D eigenvalue weighted by Crippen LogP contribution is -2.33. The molecule has 1 saturated carbocycles. The largest absolute Gasteiger partial charge is 0.384 e. The Labute approximate surface area is 117 Å². The van der Waals surface area contributed by atoms with Crippen LogP contribution in [-0.4, -0.2) is 40.4 Å². The molecule has 1 aliphatic rings. The van der Waals surface area contributed by atoms with Crippen LogP contribution in [0.25, 0.3) is 0 Å². The van der Waals surface area contributed by atoms with E-state index in [1.807, 2.05) is 18.8 Å². The van der Waals surface area contributed by atoms with Gasteiger partial charge in [0, 0.05) is 6.54 Å². The molecule has 0 radical (unpaired) electrons.